The van der Waals surface area contributed by atoms with Crippen LogP contribution in [0.5, 0.6) is 0 Å². The lowest BCUT2D eigenvalue weighted by molar-refractivity contribution is 0.102. The van der Waals surface area contributed by atoms with Crippen LogP contribution < -0.4 is 10.0 Å². The molecule has 2 aromatic rings. The molecular weight excluding hydrogens is 354 g/mol. The predicted molar refractivity (Wildman–Crippen MR) is 87.8 cm³/mol. The van der Waals surface area contributed by atoms with Crippen LogP contribution in [0.4, 0.5) is 14.5 Å². The van der Waals surface area contributed by atoms with Gasteiger partial charge in [-0.25, -0.2) is 21.9 Å². The average Bonchev–Trinajstić information content (AvgIpc) is 2.57. The second kappa shape index (κ2) is 8.15. The third-order valence-electron chi connectivity index (χ3n) is 3.20. The number of amides is 1. The molecule has 2 aromatic carbocycles. The number of carbonyl (C=O) groups is 1. The van der Waals surface area contributed by atoms with Gasteiger partial charge in [0.2, 0.25) is 10.0 Å². The van der Waals surface area contributed by atoms with Gasteiger partial charge in [0.1, 0.15) is 11.6 Å². The lowest BCUT2D eigenvalue weighted by Gasteiger charge is -2.08. The molecule has 0 saturated carbocycles. The smallest absolute Gasteiger partial charge is 0.255 e. The van der Waals surface area contributed by atoms with Gasteiger partial charge in [-0.2, -0.15) is 0 Å². The number of benzene rings is 2. The van der Waals surface area contributed by atoms with Crippen molar-refractivity contribution in [3.63, 3.8) is 0 Å². The largest absolute Gasteiger partial charge is 0.383 e. The van der Waals surface area contributed by atoms with Crippen molar-refractivity contribution in [2.75, 3.05) is 25.6 Å². The average molecular weight is 370 g/mol. The molecule has 0 radical (unpaired) electrons. The van der Waals surface area contributed by atoms with Gasteiger partial charge in [-0.05, 0) is 36.4 Å². The summed E-state index contributed by atoms with van der Waals surface area (Å²) in [6.07, 6.45) is 0. The third-order valence-corrected chi connectivity index (χ3v) is 4.68. The van der Waals surface area contributed by atoms with Crippen molar-refractivity contribution in [3.05, 3.63) is 59.7 Å². The molecule has 2 N–H and O–H groups in total. The van der Waals surface area contributed by atoms with Crippen LogP contribution in [0.1, 0.15) is 10.4 Å². The number of rotatable bonds is 7. The monoisotopic (exact) mass is 370 g/mol. The van der Waals surface area contributed by atoms with Gasteiger partial charge in [0.15, 0.2) is 0 Å². The molecule has 0 heterocycles. The molecule has 0 aliphatic rings. The molecule has 0 bridgehead atoms. The topological polar surface area (TPSA) is 84.5 Å². The van der Waals surface area contributed by atoms with Gasteiger partial charge in [-0.3, -0.25) is 4.79 Å². The maximum atomic E-state index is 13.5. The van der Waals surface area contributed by atoms with Gasteiger partial charge < -0.3 is 10.1 Å². The quantitative estimate of drug-likeness (QED) is 0.732. The minimum Gasteiger partial charge on any atom is -0.383 e. The van der Waals surface area contributed by atoms with Crippen LogP contribution >= 0.6 is 0 Å². The number of ether oxygens (including phenoxy) is 1. The molecule has 1 amide bonds. The van der Waals surface area contributed by atoms with Gasteiger partial charge in [-0.1, -0.05) is 0 Å². The highest BCUT2D eigenvalue weighted by Gasteiger charge is 2.15. The molecule has 0 aliphatic heterocycles. The molecule has 0 aromatic heterocycles. The van der Waals surface area contributed by atoms with Crippen molar-refractivity contribution in [3.8, 4) is 0 Å². The molecule has 0 spiro atoms. The number of nitrogens with one attached hydrogen (secondary N) is 2. The summed E-state index contributed by atoms with van der Waals surface area (Å²) in [5.74, 6) is -2.32. The fraction of sp³-hybridized carbons (Fsp3) is 0.188. The van der Waals surface area contributed by atoms with E-state index in [4.69, 9.17) is 4.74 Å². The van der Waals surface area contributed by atoms with Crippen LogP contribution in [0, 0.1) is 11.6 Å². The van der Waals surface area contributed by atoms with Crippen LogP contribution in [-0.2, 0) is 14.8 Å². The molecule has 6 nitrogen and oxygen atoms in total. The standard InChI is InChI=1S/C16H16F2N2O4S/c1-24-9-8-19-25(22,23)13-5-2-11(3-6-13)16(21)20-15-7-4-12(17)10-14(15)18/h2-7,10,19H,8-9H2,1H3,(H,20,21). The Morgan fingerprint density at radius 2 is 1.80 bits per heavy atom. The van der Waals surface area contributed by atoms with Crippen molar-refractivity contribution < 1.29 is 26.7 Å². The van der Waals surface area contributed by atoms with Gasteiger partial charge in [0.05, 0.1) is 17.2 Å². The molecule has 2 rings (SSSR count). The first-order valence-electron chi connectivity index (χ1n) is 7.18. The molecule has 0 unspecified atom stereocenters. The Morgan fingerprint density at radius 1 is 1.12 bits per heavy atom. The van der Waals surface area contributed by atoms with Gasteiger partial charge in [0, 0.05) is 25.3 Å². The van der Waals surface area contributed by atoms with E-state index < -0.39 is 27.6 Å². The van der Waals surface area contributed by atoms with E-state index in [9.17, 15) is 22.0 Å². The van der Waals surface area contributed by atoms with Crippen molar-refractivity contribution in [2.24, 2.45) is 0 Å². The highest BCUT2D eigenvalue weighted by Crippen LogP contribution is 2.17. The van der Waals surface area contributed by atoms with E-state index in [1.54, 1.807) is 0 Å². The van der Waals surface area contributed by atoms with Crippen molar-refractivity contribution in [1.29, 1.82) is 0 Å². The predicted octanol–water partition coefficient (Wildman–Crippen LogP) is 2.14. The van der Waals surface area contributed by atoms with Crippen LogP contribution in [-0.4, -0.2) is 34.6 Å². The van der Waals surface area contributed by atoms with E-state index in [1.165, 1.54) is 31.4 Å². The minimum absolute atomic E-state index is 0.0203. The second-order valence-corrected chi connectivity index (χ2v) is 6.76. The highest BCUT2D eigenvalue weighted by molar-refractivity contribution is 7.89. The summed E-state index contributed by atoms with van der Waals surface area (Å²) in [4.78, 5) is 12.0. The summed E-state index contributed by atoms with van der Waals surface area (Å²) >= 11 is 0. The zero-order chi connectivity index (χ0) is 18.4. The summed E-state index contributed by atoms with van der Waals surface area (Å²) in [5, 5.41) is 2.29. The van der Waals surface area contributed by atoms with E-state index in [-0.39, 0.29) is 29.3 Å². The molecular formula is C16H16F2N2O4S. The number of sulfonamides is 1. The number of methoxy groups -OCH3 is 1. The first kappa shape index (κ1) is 19.0. The number of carbonyl (C=O) groups excluding carboxylic acids is 1. The summed E-state index contributed by atoms with van der Waals surface area (Å²) in [5.41, 5.74) is -0.0519. The maximum Gasteiger partial charge on any atom is 0.255 e. The van der Waals surface area contributed by atoms with E-state index in [0.717, 1.165) is 12.1 Å². The van der Waals surface area contributed by atoms with Gasteiger partial charge in [-0.15, -0.1) is 0 Å². The van der Waals surface area contributed by atoms with E-state index in [1.807, 2.05) is 0 Å². The summed E-state index contributed by atoms with van der Waals surface area (Å²) in [6, 6.07) is 7.86. The van der Waals surface area contributed by atoms with Crippen LogP contribution in [0.15, 0.2) is 47.4 Å². The number of hydrogen-bond donors (Lipinski definition) is 2. The zero-order valence-electron chi connectivity index (χ0n) is 13.3. The minimum atomic E-state index is -3.71. The molecule has 0 fully saturated rings. The number of hydrogen-bond acceptors (Lipinski definition) is 4. The Kier molecular flexibility index (Phi) is 6.18. The number of anilines is 1. The SMILES string of the molecule is COCCNS(=O)(=O)c1ccc(C(=O)Nc2ccc(F)cc2F)cc1. The highest BCUT2D eigenvalue weighted by atomic mass is 32.2. The number of halogens is 2. The summed E-state index contributed by atoms with van der Waals surface area (Å²) in [6.45, 7) is 0.341. The van der Waals surface area contributed by atoms with Crippen LogP contribution in [0.2, 0.25) is 0 Å². The fourth-order valence-electron chi connectivity index (χ4n) is 1.93. The molecule has 25 heavy (non-hydrogen) atoms. The first-order chi connectivity index (χ1) is 11.8. The summed E-state index contributed by atoms with van der Waals surface area (Å²) in [7, 11) is -2.26. The Morgan fingerprint density at radius 3 is 2.40 bits per heavy atom. The Labute approximate surface area is 143 Å². The lowest BCUT2D eigenvalue weighted by Crippen LogP contribution is -2.27. The van der Waals surface area contributed by atoms with Crippen molar-refractivity contribution in [2.45, 2.75) is 4.90 Å². The van der Waals surface area contributed by atoms with Gasteiger partial charge in [0.25, 0.3) is 5.91 Å². The van der Waals surface area contributed by atoms with Crippen LogP contribution in [0.25, 0.3) is 0 Å². The second-order valence-electron chi connectivity index (χ2n) is 4.99. The Bertz CT molecular complexity index is 855. The normalized spacial score (nSPS) is 11.3. The third kappa shape index (κ3) is 5.05. The van der Waals surface area contributed by atoms with Crippen molar-refractivity contribution in [1.82, 2.24) is 4.72 Å². The fourth-order valence-corrected chi connectivity index (χ4v) is 2.95. The Balaban J connectivity index is 2.09. The Hall–Kier alpha value is -2.36. The molecule has 134 valence electrons. The van der Waals surface area contributed by atoms with E-state index in [0.29, 0.717) is 6.07 Å². The van der Waals surface area contributed by atoms with Gasteiger partial charge >= 0.3 is 0 Å². The summed E-state index contributed by atoms with van der Waals surface area (Å²) < 4.78 is 57.5. The molecule has 9 heteroatoms. The van der Waals surface area contributed by atoms with E-state index in [2.05, 4.69) is 10.0 Å². The lowest BCUT2D eigenvalue weighted by atomic mass is 10.2. The van der Waals surface area contributed by atoms with E-state index >= 15 is 0 Å². The molecule has 0 aliphatic carbocycles. The maximum absolute atomic E-state index is 13.5. The molecule has 0 saturated heterocycles. The van der Waals surface area contributed by atoms with Crippen LogP contribution in [0.3, 0.4) is 0 Å². The van der Waals surface area contributed by atoms with Crippen molar-refractivity contribution >= 4 is 21.6 Å². The molecule has 0 atom stereocenters. The first-order valence-corrected chi connectivity index (χ1v) is 8.67. The zero-order valence-corrected chi connectivity index (χ0v) is 14.1.